The fourth-order valence-electron chi connectivity index (χ4n) is 2.47. The van der Waals surface area contributed by atoms with Crippen LogP contribution in [0.4, 0.5) is 0 Å². The first-order chi connectivity index (χ1) is 12.6. The van der Waals surface area contributed by atoms with Gasteiger partial charge in [0, 0.05) is 20.0 Å². The second-order valence-electron chi connectivity index (χ2n) is 5.71. The summed E-state index contributed by atoms with van der Waals surface area (Å²) in [5, 5.41) is 3.22. The van der Waals surface area contributed by atoms with E-state index < -0.39 is 18.0 Å². The highest BCUT2D eigenvalue weighted by atomic mass is 16.5. The van der Waals surface area contributed by atoms with Crippen LogP contribution in [0.1, 0.15) is 24.2 Å². The number of benzene rings is 2. The largest absolute Gasteiger partial charge is 0.466 e. The van der Waals surface area contributed by atoms with Crippen molar-refractivity contribution < 1.29 is 19.1 Å². The summed E-state index contributed by atoms with van der Waals surface area (Å²) in [6, 6.07) is 19.1. The average molecular weight is 353 g/mol. The molecule has 0 aromatic heterocycles. The lowest BCUT2D eigenvalue weighted by molar-refractivity contribution is -0.145. The number of ether oxygens (including phenoxy) is 2. The smallest absolute Gasteiger partial charge is 0.334 e. The normalized spacial score (nSPS) is 12.3. The first kappa shape index (κ1) is 19.4. The zero-order valence-corrected chi connectivity index (χ0v) is 15.0. The highest BCUT2D eigenvalue weighted by Gasteiger charge is 2.17. The van der Waals surface area contributed by atoms with Gasteiger partial charge in [-0.05, 0) is 17.2 Å². The lowest BCUT2D eigenvalue weighted by Gasteiger charge is -2.16. The summed E-state index contributed by atoms with van der Waals surface area (Å²) in [4.78, 5) is 23.6. The van der Waals surface area contributed by atoms with Crippen LogP contribution in [0.25, 0.3) is 0 Å². The van der Waals surface area contributed by atoms with Gasteiger partial charge in [0.25, 0.3) is 0 Å². The second-order valence-corrected chi connectivity index (χ2v) is 5.71. The molecule has 0 radical (unpaired) electrons. The fraction of sp³-hybridized carbons (Fsp3) is 0.238. The molecule has 1 N–H and O–H groups in total. The molecule has 2 aromatic carbocycles. The van der Waals surface area contributed by atoms with Crippen LogP contribution in [0.2, 0.25) is 0 Å². The van der Waals surface area contributed by atoms with E-state index >= 15 is 0 Å². The number of carbonyl (C=O) groups excluding carboxylic acids is 2. The van der Waals surface area contributed by atoms with E-state index in [0.29, 0.717) is 18.7 Å². The van der Waals surface area contributed by atoms with Gasteiger partial charge in [0.1, 0.15) is 6.10 Å². The van der Waals surface area contributed by atoms with Crippen molar-refractivity contribution in [2.45, 2.75) is 19.6 Å². The van der Waals surface area contributed by atoms with Gasteiger partial charge >= 0.3 is 11.9 Å². The van der Waals surface area contributed by atoms with Gasteiger partial charge in [0.15, 0.2) is 0 Å². The van der Waals surface area contributed by atoms with Crippen LogP contribution in [-0.4, -0.2) is 25.6 Å². The molecule has 0 aliphatic rings. The molecule has 0 aliphatic carbocycles. The summed E-state index contributed by atoms with van der Waals surface area (Å²) < 4.78 is 10.2. The maximum absolute atomic E-state index is 12.1. The van der Waals surface area contributed by atoms with E-state index in [9.17, 15) is 9.59 Å². The maximum atomic E-state index is 12.1. The van der Waals surface area contributed by atoms with Crippen LogP contribution in [0, 0.1) is 0 Å². The SMILES string of the molecule is COC(=O)/C(=C/C(OC(C)=O)c1ccccc1)CNCc1ccccc1. The Hall–Kier alpha value is -2.92. The fourth-order valence-corrected chi connectivity index (χ4v) is 2.47. The predicted octanol–water partition coefficient (Wildman–Crippen LogP) is 3.18. The van der Waals surface area contributed by atoms with Gasteiger partial charge < -0.3 is 14.8 Å². The van der Waals surface area contributed by atoms with Crippen LogP contribution in [0.15, 0.2) is 72.3 Å². The number of nitrogens with one attached hydrogen (secondary N) is 1. The molecule has 0 fully saturated rings. The molecule has 0 bridgehead atoms. The van der Waals surface area contributed by atoms with Gasteiger partial charge in [-0.2, -0.15) is 0 Å². The molecule has 2 rings (SSSR count). The third-order valence-corrected chi connectivity index (χ3v) is 3.71. The molecule has 5 nitrogen and oxygen atoms in total. The molecule has 2 aromatic rings. The topological polar surface area (TPSA) is 64.6 Å². The molecular weight excluding hydrogens is 330 g/mol. The molecule has 1 unspecified atom stereocenters. The number of methoxy groups -OCH3 is 1. The van der Waals surface area contributed by atoms with Crippen LogP contribution in [0.5, 0.6) is 0 Å². The summed E-state index contributed by atoms with van der Waals surface area (Å²) in [7, 11) is 1.33. The van der Waals surface area contributed by atoms with Crippen molar-refractivity contribution in [1.29, 1.82) is 0 Å². The van der Waals surface area contributed by atoms with Gasteiger partial charge in [-0.25, -0.2) is 4.79 Å². The predicted molar refractivity (Wildman–Crippen MR) is 99.2 cm³/mol. The van der Waals surface area contributed by atoms with Crippen molar-refractivity contribution in [3.8, 4) is 0 Å². The monoisotopic (exact) mass is 353 g/mol. The number of rotatable bonds is 8. The van der Waals surface area contributed by atoms with Crippen molar-refractivity contribution in [2.24, 2.45) is 0 Å². The minimum atomic E-state index is -0.652. The van der Waals surface area contributed by atoms with E-state index in [1.54, 1.807) is 6.08 Å². The zero-order valence-electron chi connectivity index (χ0n) is 15.0. The molecule has 26 heavy (non-hydrogen) atoms. The number of hydrogen-bond acceptors (Lipinski definition) is 5. The Kier molecular flexibility index (Phi) is 7.58. The number of hydrogen-bond donors (Lipinski definition) is 1. The van der Waals surface area contributed by atoms with Crippen molar-refractivity contribution in [1.82, 2.24) is 5.32 Å². The minimum Gasteiger partial charge on any atom is -0.466 e. The van der Waals surface area contributed by atoms with E-state index in [1.807, 2.05) is 60.7 Å². The second kappa shape index (κ2) is 10.2. The lowest BCUT2D eigenvalue weighted by Crippen LogP contribution is -2.22. The third kappa shape index (κ3) is 6.18. The average Bonchev–Trinajstić information content (AvgIpc) is 2.67. The van der Waals surface area contributed by atoms with Gasteiger partial charge in [-0.15, -0.1) is 0 Å². The molecule has 0 saturated heterocycles. The first-order valence-corrected chi connectivity index (χ1v) is 8.36. The number of esters is 2. The Morgan fingerprint density at radius 1 is 1.04 bits per heavy atom. The minimum absolute atomic E-state index is 0.298. The van der Waals surface area contributed by atoms with Crippen LogP contribution >= 0.6 is 0 Å². The molecule has 1 atom stereocenters. The molecule has 136 valence electrons. The van der Waals surface area contributed by atoms with Gasteiger partial charge in [-0.3, -0.25) is 4.79 Å². The third-order valence-electron chi connectivity index (χ3n) is 3.71. The van der Waals surface area contributed by atoms with E-state index in [4.69, 9.17) is 9.47 Å². The van der Waals surface area contributed by atoms with E-state index in [1.165, 1.54) is 14.0 Å². The van der Waals surface area contributed by atoms with Crippen molar-refractivity contribution in [2.75, 3.05) is 13.7 Å². The van der Waals surface area contributed by atoms with E-state index in [0.717, 1.165) is 11.1 Å². The first-order valence-electron chi connectivity index (χ1n) is 8.36. The van der Waals surface area contributed by atoms with Crippen LogP contribution in [-0.2, 0) is 25.6 Å². The van der Waals surface area contributed by atoms with E-state index in [2.05, 4.69) is 5.32 Å². The number of carbonyl (C=O) groups is 2. The highest BCUT2D eigenvalue weighted by molar-refractivity contribution is 5.89. The zero-order chi connectivity index (χ0) is 18.8. The standard InChI is InChI=1S/C21H23NO4/c1-16(23)26-20(18-11-7-4-8-12-18)13-19(21(24)25-2)15-22-14-17-9-5-3-6-10-17/h3-13,20,22H,14-15H2,1-2H3/b19-13+. The highest BCUT2D eigenvalue weighted by Crippen LogP contribution is 2.21. The lowest BCUT2D eigenvalue weighted by atomic mass is 10.1. The quantitative estimate of drug-likeness (QED) is 0.583. The maximum Gasteiger partial charge on any atom is 0.334 e. The molecular formula is C21H23NO4. The Bertz CT molecular complexity index is 741. The summed E-state index contributed by atoms with van der Waals surface area (Å²) in [6.45, 7) is 2.25. The van der Waals surface area contributed by atoms with Crippen molar-refractivity contribution in [3.05, 3.63) is 83.4 Å². The molecule has 0 heterocycles. The summed E-state index contributed by atoms with van der Waals surface area (Å²) in [5.41, 5.74) is 2.29. The summed E-state index contributed by atoms with van der Waals surface area (Å²) in [5.74, 6) is -0.879. The molecule has 0 saturated carbocycles. The summed E-state index contributed by atoms with van der Waals surface area (Å²) in [6.07, 6.45) is 0.974. The van der Waals surface area contributed by atoms with Crippen molar-refractivity contribution in [3.63, 3.8) is 0 Å². The Morgan fingerprint density at radius 2 is 1.65 bits per heavy atom. The Labute approximate surface area is 153 Å². The van der Waals surface area contributed by atoms with Gasteiger partial charge in [-0.1, -0.05) is 60.7 Å². The molecule has 5 heteroatoms. The van der Waals surface area contributed by atoms with Crippen LogP contribution in [0.3, 0.4) is 0 Å². The van der Waals surface area contributed by atoms with Crippen molar-refractivity contribution >= 4 is 11.9 Å². The molecule has 0 aliphatic heterocycles. The summed E-state index contributed by atoms with van der Waals surface area (Å²) >= 11 is 0. The van der Waals surface area contributed by atoms with E-state index in [-0.39, 0.29) is 0 Å². The van der Waals surface area contributed by atoms with Crippen LogP contribution < -0.4 is 5.32 Å². The van der Waals surface area contributed by atoms with Gasteiger partial charge in [0.2, 0.25) is 0 Å². The molecule has 0 amide bonds. The molecule has 0 spiro atoms. The Morgan fingerprint density at radius 3 is 2.23 bits per heavy atom. The Balaban J connectivity index is 2.15. The van der Waals surface area contributed by atoms with Gasteiger partial charge in [0.05, 0.1) is 12.7 Å².